The van der Waals surface area contributed by atoms with Gasteiger partial charge in [-0.05, 0) is 83.4 Å². The highest BCUT2D eigenvalue weighted by atomic mass is 16.5. The third kappa shape index (κ3) is 6.30. The summed E-state index contributed by atoms with van der Waals surface area (Å²) in [5.74, 6) is 0.677. The number of nitrogens with zero attached hydrogens (tertiary/aromatic N) is 4. The maximum atomic E-state index is 13.4. The first-order chi connectivity index (χ1) is 24.1. The van der Waals surface area contributed by atoms with Crippen LogP contribution in [0.2, 0.25) is 0 Å². The van der Waals surface area contributed by atoms with Crippen molar-refractivity contribution in [1.82, 2.24) is 9.55 Å². The molecule has 242 valence electrons. The van der Waals surface area contributed by atoms with Gasteiger partial charge in [0.2, 0.25) is 0 Å². The van der Waals surface area contributed by atoms with Gasteiger partial charge in [0.15, 0.2) is 0 Å². The van der Waals surface area contributed by atoms with Crippen molar-refractivity contribution >= 4 is 39.6 Å². The molecule has 1 saturated heterocycles. The minimum Gasteiger partial charge on any atom is -0.493 e. The zero-order chi connectivity index (χ0) is 33.2. The number of ether oxygens (including phenoxy) is 2. The van der Waals surface area contributed by atoms with Gasteiger partial charge in [-0.25, -0.2) is 0 Å². The van der Waals surface area contributed by atoms with Crippen molar-refractivity contribution in [2.75, 3.05) is 48.4 Å². The average Bonchev–Trinajstić information content (AvgIpc) is 3.44. The summed E-state index contributed by atoms with van der Waals surface area (Å²) in [5.41, 5.74) is 9.92. The van der Waals surface area contributed by atoms with Gasteiger partial charge in [0.25, 0.3) is 5.91 Å². The number of benzene rings is 4. The summed E-state index contributed by atoms with van der Waals surface area (Å²) in [4.78, 5) is 20.1. The predicted molar refractivity (Wildman–Crippen MR) is 192 cm³/mol. The standard InChI is InChI=1S/C40H34N6O3/c41-23-28-1-3-29(4-2-28)25-46-26-35(33-13-15-42-24-39(33)46)30-6-11-34-37(22-30)43-36-12-5-27(21-38(36)44-40(34)47)14-18-49-32-9-7-31(8-10-32)45-16-19-48-20-17-45/h1-13,15,21-22,24,26,43H,14,16-20,25H2,(H,44,47). The lowest BCUT2D eigenvalue weighted by molar-refractivity contribution is 0.102. The van der Waals surface area contributed by atoms with Crippen molar-refractivity contribution in [2.24, 2.45) is 0 Å². The van der Waals surface area contributed by atoms with Crippen molar-refractivity contribution in [2.45, 2.75) is 13.0 Å². The number of pyridine rings is 1. The van der Waals surface area contributed by atoms with Gasteiger partial charge in [-0.3, -0.25) is 9.78 Å². The summed E-state index contributed by atoms with van der Waals surface area (Å²) in [7, 11) is 0. The van der Waals surface area contributed by atoms with Crippen molar-refractivity contribution in [3.8, 4) is 22.9 Å². The molecule has 2 aliphatic rings. The fraction of sp³-hybridized carbons (Fsp3) is 0.175. The molecule has 2 aliphatic heterocycles. The first-order valence-electron chi connectivity index (χ1n) is 16.4. The van der Waals surface area contributed by atoms with Gasteiger partial charge in [-0.15, -0.1) is 0 Å². The number of fused-ring (bicyclic) bond motifs is 3. The van der Waals surface area contributed by atoms with E-state index in [4.69, 9.17) is 9.47 Å². The van der Waals surface area contributed by atoms with Crippen LogP contribution in [-0.4, -0.2) is 48.4 Å². The summed E-state index contributed by atoms with van der Waals surface area (Å²) in [5, 5.41) is 16.9. The topological polar surface area (TPSA) is 104 Å². The highest BCUT2D eigenvalue weighted by molar-refractivity contribution is 6.13. The van der Waals surface area contributed by atoms with Crippen molar-refractivity contribution in [3.05, 3.63) is 132 Å². The molecule has 4 aromatic carbocycles. The van der Waals surface area contributed by atoms with E-state index in [0.29, 0.717) is 30.7 Å². The van der Waals surface area contributed by atoms with E-state index in [0.717, 1.165) is 82.3 Å². The molecule has 0 radical (unpaired) electrons. The molecule has 0 atom stereocenters. The van der Waals surface area contributed by atoms with E-state index in [1.165, 1.54) is 5.69 Å². The van der Waals surface area contributed by atoms with Gasteiger partial charge >= 0.3 is 0 Å². The zero-order valence-corrected chi connectivity index (χ0v) is 26.9. The molecule has 2 aromatic heterocycles. The van der Waals surface area contributed by atoms with E-state index >= 15 is 0 Å². The van der Waals surface area contributed by atoms with E-state index in [1.54, 1.807) is 6.20 Å². The molecule has 1 fully saturated rings. The number of anilines is 4. The number of nitriles is 1. The predicted octanol–water partition coefficient (Wildman–Crippen LogP) is 7.39. The Bertz CT molecular complexity index is 2200. The minimum atomic E-state index is -0.158. The Labute approximate surface area is 284 Å². The van der Waals surface area contributed by atoms with Crippen LogP contribution < -0.4 is 20.3 Å². The van der Waals surface area contributed by atoms with E-state index < -0.39 is 0 Å². The smallest absolute Gasteiger partial charge is 0.257 e. The lowest BCUT2D eigenvalue weighted by Gasteiger charge is -2.28. The lowest BCUT2D eigenvalue weighted by Crippen LogP contribution is -2.36. The lowest BCUT2D eigenvalue weighted by atomic mass is 10.0. The van der Waals surface area contributed by atoms with E-state index in [1.807, 2.05) is 79.0 Å². The van der Waals surface area contributed by atoms with Crippen molar-refractivity contribution in [1.29, 1.82) is 5.26 Å². The Morgan fingerprint density at radius 3 is 2.47 bits per heavy atom. The van der Waals surface area contributed by atoms with Gasteiger partial charge in [-0.2, -0.15) is 5.26 Å². The van der Waals surface area contributed by atoms with E-state index in [9.17, 15) is 10.1 Å². The van der Waals surface area contributed by atoms with Crippen LogP contribution in [0.25, 0.3) is 22.0 Å². The number of hydrogen-bond acceptors (Lipinski definition) is 7. The molecule has 6 aromatic rings. The molecule has 9 heteroatoms. The number of aromatic nitrogens is 2. The summed E-state index contributed by atoms with van der Waals surface area (Å²) >= 11 is 0. The maximum absolute atomic E-state index is 13.4. The molecule has 0 aliphatic carbocycles. The number of morpholine rings is 1. The Morgan fingerprint density at radius 2 is 1.65 bits per heavy atom. The molecule has 2 N–H and O–H groups in total. The second-order valence-corrected chi connectivity index (χ2v) is 12.3. The largest absolute Gasteiger partial charge is 0.493 e. The normalized spacial score (nSPS) is 13.9. The van der Waals surface area contributed by atoms with E-state index in [2.05, 4.69) is 55.5 Å². The first-order valence-corrected chi connectivity index (χ1v) is 16.4. The van der Waals surface area contributed by atoms with Crippen LogP contribution >= 0.6 is 0 Å². The second kappa shape index (κ2) is 13.2. The SMILES string of the molecule is N#Cc1ccc(Cn2cc(-c3ccc4c(c3)Nc3ccc(CCOc5ccc(N6CCOCC6)cc5)cc3NC4=O)c3ccncc32)cc1. The summed E-state index contributed by atoms with van der Waals surface area (Å²) < 4.78 is 13.7. The Balaban J connectivity index is 0.984. The molecule has 0 unspecified atom stereocenters. The molecular formula is C40H34N6O3. The molecule has 49 heavy (non-hydrogen) atoms. The molecule has 0 saturated carbocycles. The quantitative estimate of drug-likeness (QED) is 0.178. The molecule has 9 nitrogen and oxygen atoms in total. The molecule has 0 spiro atoms. The van der Waals surface area contributed by atoms with Gasteiger partial charge in [0, 0.05) is 55.1 Å². The van der Waals surface area contributed by atoms with Gasteiger partial charge in [0.05, 0.1) is 65.8 Å². The molecular weight excluding hydrogens is 612 g/mol. The number of carbonyl (C=O) groups excluding carboxylic acids is 1. The van der Waals surface area contributed by atoms with Crippen molar-refractivity contribution < 1.29 is 14.3 Å². The average molecular weight is 647 g/mol. The number of carbonyl (C=O) groups is 1. The van der Waals surface area contributed by atoms with Crippen LogP contribution in [0, 0.1) is 11.3 Å². The summed E-state index contributed by atoms with van der Waals surface area (Å²) in [6.07, 6.45) is 6.50. The summed E-state index contributed by atoms with van der Waals surface area (Å²) in [6.45, 7) is 4.49. The van der Waals surface area contributed by atoms with Gasteiger partial charge < -0.3 is 29.6 Å². The second-order valence-electron chi connectivity index (χ2n) is 12.3. The monoisotopic (exact) mass is 646 g/mol. The number of amides is 1. The van der Waals surface area contributed by atoms with Crippen molar-refractivity contribution in [3.63, 3.8) is 0 Å². The van der Waals surface area contributed by atoms with Crippen LogP contribution in [-0.2, 0) is 17.7 Å². The first kappa shape index (κ1) is 30.2. The van der Waals surface area contributed by atoms with Gasteiger partial charge in [-0.1, -0.05) is 24.3 Å². The Kier molecular flexibility index (Phi) is 8.14. The van der Waals surface area contributed by atoms with Gasteiger partial charge in [0.1, 0.15) is 5.75 Å². The van der Waals surface area contributed by atoms with Crippen LogP contribution in [0.1, 0.15) is 27.0 Å². The van der Waals surface area contributed by atoms with Crippen LogP contribution in [0.3, 0.4) is 0 Å². The van der Waals surface area contributed by atoms with Crippen LogP contribution in [0.4, 0.5) is 22.7 Å². The zero-order valence-electron chi connectivity index (χ0n) is 26.9. The van der Waals surface area contributed by atoms with Crippen LogP contribution in [0.5, 0.6) is 5.75 Å². The molecule has 1 amide bonds. The van der Waals surface area contributed by atoms with E-state index in [-0.39, 0.29) is 5.91 Å². The third-order valence-corrected chi connectivity index (χ3v) is 9.17. The summed E-state index contributed by atoms with van der Waals surface area (Å²) in [6, 6.07) is 32.1. The molecule has 0 bridgehead atoms. The number of rotatable bonds is 8. The highest BCUT2D eigenvalue weighted by Gasteiger charge is 2.21. The number of nitrogens with one attached hydrogen (secondary N) is 2. The fourth-order valence-corrected chi connectivity index (χ4v) is 6.55. The fourth-order valence-electron chi connectivity index (χ4n) is 6.55. The molecule has 8 rings (SSSR count). The minimum absolute atomic E-state index is 0.158. The Hall–Kier alpha value is -6.11. The third-order valence-electron chi connectivity index (χ3n) is 9.17. The Morgan fingerprint density at radius 1 is 0.837 bits per heavy atom. The maximum Gasteiger partial charge on any atom is 0.257 e. The number of hydrogen-bond donors (Lipinski definition) is 2. The molecule has 4 heterocycles. The highest BCUT2D eigenvalue weighted by Crippen LogP contribution is 2.37. The van der Waals surface area contributed by atoms with Crippen LogP contribution in [0.15, 0.2) is 110 Å².